The summed E-state index contributed by atoms with van der Waals surface area (Å²) in [4.78, 5) is 0. The van der Waals surface area contributed by atoms with Crippen LogP contribution in [0.25, 0.3) is 0 Å². The quantitative estimate of drug-likeness (QED) is 0.789. The number of nitrogens with two attached hydrogens (primary N) is 1. The van der Waals surface area contributed by atoms with E-state index in [0.717, 1.165) is 5.56 Å². The van der Waals surface area contributed by atoms with Gasteiger partial charge in [-0.1, -0.05) is 53.5 Å². The molecule has 2 aromatic carbocycles. The first-order chi connectivity index (χ1) is 9.49. The number of benzene rings is 2. The fraction of sp³-hybridized carbons (Fsp3) is 0.200. The van der Waals surface area contributed by atoms with Crippen molar-refractivity contribution in [3.8, 4) is 5.75 Å². The monoisotopic (exact) mass is 347 g/mol. The summed E-state index contributed by atoms with van der Waals surface area (Å²) in [6.45, 7) is 0. The van der Waals surface area contributed by atoms with Gasteiger partial charge in [-0.15, -0.1) is 12.4 Å². The van der Waals surface area contributed by atoms with Crippen molar-refractivity contribution in [3.63, 3.8) is 0 Å². The number of phenolic OH excluding ortho intramolecular Hbond substituents is 1. The van der Waals surface area contributed by atoms with Gasteiger partial charge in [-0.3, -0.25) is 0 Å². The minimum absolute atomic E-state index is 0. The lowest BCUT2D eigenvalue weighted by Gasteiger charge is -2.21. The molecule has 4 N–H and O–H groups in total. The molecule has 3 nitrogen and oxygen atoms in total. The van der Waals surface area contributed by atoms with Crippen LogP contribution in [0.3, 0.4) is 0 Å². The molecule has 0 saturated carbocycles. The van der Waals surface area contributed by atoms with Crippen molar-refractivity contribution >= 4 is 35.6 Å². The highest BCUT2D eigenvalue weighted by Crippen LogP contribution is 2.35. The Morgan fingerprint density at radius 3 is 2.33 bits per heavy atom. The van der Waals surface area contributed by atoms with Crippen LogP contribution in [0.15, 0.2) is 42.5 Å². The molecule has 2 aromatic rings. The second-order valence-electron chi connectivity index (χ2n) is 4.61. The molecule has 21 heavy (non-hydrogen) atoms. The van der Waals surface area contributed by atoms with Crippen molar-refractivity contribution in [2.75, 3.05) is 0 Å². The van der Waals surface area contributed by atoms with E-state index in [2.05, 4.69) is 0 Å². The number of halogens is 3. The molecular weight excluding hydrogens is 333 g/mol. The van der Waals surface area contributed by atoms with Crippen LogP contribution in [0.5, 0.6) is 5.75 Å². The topological polar surface area (TPSA) is 66.5 Å². The average Bonchev–Trinajstić information content (AvgIpc) is 2.43. The first-order valence-corrected chi connectivity index (χ1v) is 6.90. The Balaban J connectivity index is 0.00000220. The highest BCUT2D eigenvalue weighted by Gasteiger charge is 2.22. The van der Waals surface area contributed by atoms with E-state index in [4.69, 9.17) is 28.9 Å². The number of hydrogen-bond donors (Lipinski definition) is 3. The van der Waals surface area contributed by atoms with Crippen LogP contribution in [0.4, 0.5) is 0 Å². The van der Waals surface area contributed by atoms with Crippen LogP contribution in [0.1, 0.15) is 17.2 Å². The lowest BCUT2D eigenvalue weighted by Crippen LogP contribution is -2.28. The summed E-state index contributed by atoms with van der Waals surface area (Å²) >= 11 is 11.8. The Morgan fingerprint density at radius 2 is 1.71 bits per heavy atom. The SMILES string of the molecule is Cl.N[C@@H](c1cc(Cl)cc(Cl)c1O)[C@H](O)Cc1ccccc1. The molecule has 2 atom stereocenters. The summed E-state index contributed by atoms with van der Waals surface area (Å²) in [7, 11) is 0. The highest BCUT2D eigenvalue weighted by atomic mass is 35.5. The maximum Gasteiger partial charge on any atom is 0.139 e. The first kappa shape index (κ1) is 18.1. The number of hydrogen-bond acceptors (Lipinski definition) is 3. The highest BCUT2D eigenvalue weighted by molar-refractivity contribution is 6.35. The van der Waals surface area contributed by atoms with Crippen LogP contribution in [-0.4, -0.2) is 16.3 Å². The van der Waals surface area contributed by atoms with Gasteiger partial charge in [0, 0.05) is 17.0 Å². The molecule has 0 amide bonds. The van der Waals surface area contributed by atoms with E-state index in [1.807, 2.05) is 30.3 Å². The Bertz CT molecular complexity index is 593. The minimum atomic E-state index is -0.849. The number of phenols is 1. The van der Waals surface area contributed by atoms with Gasteiger partial charge >= 0.3 is 0 Å². The Morgan fingerprint density at radius 1 is 1.10 bits per heavy atom. The molecule has 0 heterocycles. The van der Waals surface area contributed by atoms with Gasteiger partial charge in [0.15, 0.2) is 0 Å². The van der Waals surface area contributed by atoms with Gasteiger partial charge in [0.25, 0.3) is 0 Å². The number of aliphatic hydroxyl groups excluding tert-OH is 1. The summed E-state index contributed by atoms with van der Waals surface area (Å²) in [6, 6.07) is 11.7. The van der Waals surface area contributed by atoms with Gasteiger partial charge in [0.1, 0.15) is 5.75 Å². The summed E-state index contributed by atoms with van der Waals surface area (Å²) in [5.74, 6) is -0.143. The van der Waals surface area contributed by atoms with E-state index in [0.29, 0.717) is 17.0 Å². The van der Waals surface area contributed by atoms with Gasteiger partial charge in [-0.2, -0.15) is 0 Å². The predicted molar refractivity (Wildman–Crippen MR) is 88.5 cm³/mol. The van der Waals surface area contributed by atoms with Crippen molar-refractivity contribution in [2.45, 2.75) is 18.6 Å². The van der Waals surface area contributed by atoms with Crippen LogP contribution in [-0.2, 0) is 6.42 Å². The van der Waals surface area contributed by atoms with Crippen molar-refractivity contribution in [1.29, 1.82) is 0 Å². The molecule has 0 bridgehead atoms. The molecule has 0 aliphatic carbocycles. The van der Waals surface area contributed by atoms with Gasteiger partial charge in [-0.05, 0) is 17.7 Å². The normalized spacial score (nSPS) is 13.3. The maximum absolute atomic E-state index is 10.2. The third-order valence-corrected chi connectivity index (χ3v) is 3.63. The lowest BCUT2D eigenvalue weighted by atomic mass is 9.96. The zero-order valence-corrected chi connectivity index (χ0v) is 13.4. The number of aliphatic hydroxyl groups is 1. The Labute approximate surface area is 139 Å². The second-order valence-corrected chi connectivity index (χ2v) is 5.45. The predicted octanol–water partition coefficient (Wildman–Crippen LogP) is 3.72. The third kappa shape index (κ3) is 4.50. The number of aromatic hydroxyl groups is 1. The molecule has 0 aliphatic heterocycles. The van der Waals surface area contributed by atoms with Crippen molar-refractivity contribution < 1.29 is 10.2 Å². The van der Waals surface area contributed by atoms with E-state index in [9.17, 15) is 10.2 Å². The first-order valence-electron chi connectivity index (χ1n) is 6.14. The number of rotatable bonds is 4. The molecule has 2 rings (SSSR count). The van der Waals surface area contributed by atoms with Crippen molar-refractivity contribution in [1.82, 2.24) is 0 Å². The van der Waals surface area contributed by atoms with E-state index in [1.54, 1.807) is 0 Å². The average molecular weight is 349 g/mol. The smallest absolute Gasteiger partial charge is 0.139 e. The van der Waals surface area contributed by atoms with Gasteiger partial charge in [0.2, 0.25) is 0 Å². The van der Waals surface area contributed by atoms with Crippen molar-refractivity contribution in [3.05, 3.63) is 63.6 Å². The van der Waals surface area contributed by atoms with E-state index in [-0.39, 0.29) is 23.2 Å². The summed E-state index contributed by atoms with van der Waals surface area (Å²) < 4.78 is 0. The molecule has 0 fully saturated rings. The Kier molecular flexibility index (Phi) is 6.78. The van der Waals surface area contributed by atoms with Crippen LogP contribution < -0.4 is 5.73 Å². The fourth-order valence-electron chi connectivity index (χ4n) is 2.03. The Hall–Kier alpha value is -0.970. The summed E-state index contributed by atoms with van der Waals surface area (Å²) in [5.41, 5.74) is 7.30. The van der Waals surface area contributed by atoms with Crippen LogP contribution >= 0.6 is 35.6 Å². The third-order valence-electron chi connectivity index (χ3n) is 3.12. The molecule has 0 aliphatic rings. The molecule has 0 unspecified atom stereocenters. The molecule has 0 aromatic heterocycles. The zero-order valence-electron chi connectivity index (χ0n) is 11.0. The van der Waals surface area contributed by atoms with Gasteiger partial charge < -0.3 is 15.9 Å². The largest absolute Gasteiger partial charge is 0.506 e. The van der Waals surface area contributed by atoms with E-state index < -0.39 is 12.1 Å². The van der Waals surface area contributed by atoms with Crippen LogP contribution in [0, 0.1) is 0 Å². The molecule has 6 heteroatoms. The standard InChI is InChI=1S/C15H15Cl2NO2.ClH/c16-10-7-11(15(20)12(17)8-10)14(18)13(19)6-9-4-2-1-3-5-9;/h1-5,7-8,13-14,19-20H,6,18H2;1H/t13-,14+;/m1./s1. The van der Waals surface area contributed by atoms with Crippen molar-refractivity contribution in [2.24, 2.45) is 5.73 Å². The van der Waals surface area contributed by atoms with E-state index >= 15 is 0 Å². The van der Waals surface area contributed by atoms with E-state index in [1.165, 1.54) is 12.1 Å². The van der Waals surface area contributed by atoms with Crippen LogP contribution in [0.2, 0.25) is 10.0 Å². The maximum atomic E-state index is 10.2. The molecule has 114 valence electrons. The fourth-order valence-corrected chi connectivity index (χ4v) is 2.54. The minimum Gasteiger partial charge on any atom is -0.506 e. The summed E-state index contributed by atoms with van der Waals surface area (Å²) in [6.07, 6.45) is -0.469. The lowest BCUT2D eigenvalue weighted by molar-refractivity contribution is 0.144. The summed E-state index contributed by atoms with van der Waals surface area (Å²) in [5, 5.41) is 20.6. The zero-order chi connectivity index (χ0) is 14.7. The molecule has 0 saturated heterocycles. The second kappa shape index (κ2) is 7.87. The van der Waals surface area contributed by atoms with Gasteiger partial charge in [-0.25, -0.2) is 0 Å². The molecule has 0 spiro atoms. The molecular formula is C15H16Cl3NO2. The molecule has 0 radical (unpaired) electrons. The van der Waals surface area contributed by atoms with Gasteiger partial charge in [0.05, 0.1) is 17.2 Å².